The molecule has 2 amide bonds. The Hall–Kier alpha value is -3.07. The molecule has 1 N–H and O–H groups in total. The van der Waals surface area contributed by atoms with Crippen LogP contribution in [0.15, 0.2) is 71.6 Å². The molecule has 0 spiro atoms. The third-order valence-corrected chi connectivity index (χ3v) is 8.78. The van der Waals surface area contributed by atoms with Crippen molar-refractivity contribution in [2.75, 3.05) is 17.4 Å². The number of amides is 2. The second-order valence-electron chi connectivity index (χ2n) is 9.25. The van der Waals surface area contributed by atoms with E-state index in [0.29, 0.717) is 13.0 Å². The standard InChI is InChI=1S/C29H33Cl2N3O4S/c1-5-27(29(36)32-6-2)33(18-22-9-7-8-21(4)16-22)28(35)19-34(23-12-15-25(30)26(31)17-23)39(37,38)24-13-10-20(3)11-14-24/h7-17,27H,5-6,18-19H2,1-4H3,(H,32,36)/t27-/m1/s1. The highest BCUT2D eigenvalue weighted by Gasteiger charge is 2.33. The summed E-state index contributed by atoms with van der Waals surface area (Å²) in [6, 6.07) is 17.6. The van der Waals surface area contributed by atoms with Crippen LogP contribution >= 0.6 is 23.2 Å². The number of hydrogen-bond donors (Lipinski definition) is 1. The maximum Gasteiger partial charge on any atom is 0.264 e. The summed E-state index contributed by atoms with van der Waals surface area (Å²) < 4.78 is 28.8. The van der Waals surface area contributed by atoms with E-state index in [-0.39, 0.29) is 33.1 Å². The summed E-state index contributed by atoms with van der Waals surface area (Å²) in [5.74, 6) is -0.833. The van der Waals surface area contributed by atoms with Gasteiger partial charge < -0.3 is 10.2 Å². The van der Waals surface area contributed by atoms with Gasteiger partial charge in [-0.15, -0.1) is 0 Å². The molecule has 208 valence electrons. The minimum atomic E-state index is -4.19. The first-order valence-electron chi connectivity index (χ1n) is 12.6. The van der Waals surface area contributed by atoms with Gasteiger partial charge in [-0.3, -0.25) is 13.9 Å². The molecule has 1 atom stereocenters. The molecule has 3 aromatic rings. The number of sulfonamides is 1. The molecule has 10 heteroatoms. The quantitative estimate of drug-likeness (QED) is 0.308. The van der Waals surface area contributed by atoms with Crippen LogP contribution in [0.3, 0.4) is 0 Å². The molecule has 0 aliphatic carbocycles. The van der Waals surface area contributed by atoms with Crippen molar-refractivity contribution in [3.05, 3.63) is 93.5 Å². The van der Waals surface area contributed by atoms with Gasteiger partial charge in [-0.25, -0.2) is 8.42 Å². The summed E-state index contributed by atoms with van der Waals surface area (Å²) in [4.78, 5) is 28.4. The van der Waals surface area contributed by atoms with Gasteiger partial charge in [-0.1, -0.05) is 77.7 Å². The molecule has 0 fully saturated rings. The molecule has 0 radical (unpaired) electrons. The zero-order valence-electron chi connectivity index (χ0n) is 22.4. The first-order chi connectivity index (χ1) is 18.5. The average molecular weight is 591 g/mol. The summed E-state index contributed by atoms with van der Waals surface area (Å²) >= 11 is 12.3. The molecular weight excluding hydrogens is 557 g/mol. The van der Waals surface area contributed by atoms with Crippen LogP contribution < -0.4 is 9.62 Å². The van der Waals surface area contributed by atoms with Gasteiger partial charge in [-0.05, 0) is 63.1 Å². The Morgan fingerprint density at radius 1 is 0.897 bits per heavy atom. The van der Waals surface area contributed by atoms with Crippen LogP contribution in [-0.4, -0.2) is 44.3 Å². The molecule has 0 saturated carbocycles. The van der Waals surface area contributed by atoms with Gasteiger partial charge in [0.05, 0.1) is 20.6 Å². The molecule has 7 nitrogen and oxygen atoms in total. The molecule has 0 unspecified atom stereocenters. The predicted octanol–water partition coefficient (Wildman–Crippen LogP) is 5.75. The number of likely N-dealkylation sites (N-methyl/N-ethyl adjacent to an activating group) is 1. The van der Waals surface area contributed by atoms with Crippen LogP contribution in [0.2, 0.25) is 10.0 Å². The number of halogens is 2. The molecule has 0 aromatic heterocycles. The summed E-state index contributed by atoms with van der Waals surface area (Å²) in [6.45, 7) is 7.40. The predicted molar refractivity (Wildman–Crippen MR) is 157 cm³/mol. The van der Waals surface area contributed by atoms with Gasteiger partial charge in [0.1, 0.15) is 12.6 Å². The normalized spacial score (nSPS) is 12.1. The zero-order chi connectivity index (χ0) is 28.7. The number of carbonyl (C=O) groups is 2. The van der Waals surface area contributed by atoms with E-state index in [1.165, 1.54) is 35.2 Å². The Labute approximate surface area is 240 Å². The van der Waals surface area contributed by atoms with Gasteiger partial charge in [0.15, 0.2) is 0 Å². The van der Waals surface area contributed by atoms with Crippen molar-refractivity contribution in [3.8, 4) is 0 Å². The summed E-state index contributed by atoms with van der Waals surface area (Å²) in [5.41, 5.74) is 2.90. The number of nitrogens with one attached hydrogen (secondary N) is 1. The van der Waals surface area contributed by atoms with E-state index >= 15 is 0 Å². The number of anilines is 1. The Bertz CT molecular complexity index is 1430. The Balaban J connectivity index is 2.09. The van der Waals surface area contributed by atoms with Crippen LogP contribution in [0.5, 0.6) is 0 Å². The number of nitrogens with zero attached hydrogens (tertiary/aromatic N) is 2. The Morgan fingerprint density at radius 2 is 1.59 bits per heavy atom. The van der Waals surface area contributed by atoms with E-state index in [1.54, 1.807) is 19.1 Å². The van der Waals surface area contributed by atoms with E-state index in [0.717, 1.165) is 21.0 Å². The zero-order valence-corrected chi connectivity index (χ0v) is 24.8. The SMILES string of the molecule is CCNC(=O)[C@@H](CC)N(Cc1cccc(C)c1)C(=O)CN(c1ccc(Cl)c(Cl)c1)S(=O)(=O)c1ccc(C)cc1. The lowest BCUT2D eigenvalue weighted by Gasteiger charge is -2.33. The topological polar surface area (TPSA) is 86.8 Å². The van der Waals surface area contributed by atoms with Crippen molar-refractivity contribution in [1.29, 1.82) is 0 Å². The van der Waals surface area contributed by atoms with Gasteiger partial charge >= 0.3 is 0 Å². The first kappa shape index (κ1) is 30.5. The van der Waals surface area contributed by atoms with E-state index in [1.807, 2.05) is 45.0 Å². The van der Waals surface area contributed by atoms with E-state index in [4.69, 9.17) is 23.2 Å². The molecule has 3 aromatic carbocycles. The number of hydrogen-bond acceptors (Lipinski definition) is 4. The largest absolute Gasteiger partial charge is 0.355 e. The molecule has 39 heavy (non-hydrogen) atoms. The van der Waals surface area contributed by atoms with Crippen molar-refractivity contribution in [1.82, 2.24) is 10.2 Å². The fourth-order valence-corrected chi connectivity index (χ4v) is 5.92. The van der Waals surface area contributed by atoms with Crippen molar-refractivity contribution in [2.24, 2.45) is 0 Å². The summed E-state index contributed by atoms with van der Waals surface area (Å²) in [7, 11) is -4.19. The summed E-state index contributed by atoms with van der Waals surface area (Å²) in [5, 5.41) is 3.19. The van der Waals surface area contributed by atoms with Crippen LogP contribution in [-0.2, 0) is 26.2 Å². The lowest BCUT2D eigenvalue weighted by atomic mass is 10.1. The highest BCUT2D eigenvalue weighted by Crippen LogP contribution is 2.31. The average Bonchev–Trinajstić information content (AvgIpc) is 2.89. The maximum absolute atomic E-state index is 14.0. The lowest BCUT2D eigenvalue weighted by molar-refractivity contribution is -0.140. The van der Waals surface area contributed by atoms with Crippen molar-refractivity contribution >= 4 is 50.7 Å². The van der Waals surface area contributed by atoms with Crippen molar-refractivity contribution in [3.63, 3.8) is 0 Å². The third kappa shape index (κ3) is 7.53. The van der Waals surface area contributed by atoms with Gasteiger partial charge in [0.2, 0.25) is 11.8 Å². The van der Waals surface area contributed by atoms with Crippen LogP contribution in [0.4, 0.5) is 5.69 Å². The third-order valence-electron chi connectivity index (χ3n) is 6.25. The second-order valence-corrected chi connectivity index (χ2v) is 11.9. The van der Waals surface area contributed by atoms with Gasteiger partial charge in [0, 0.05) is 13.1 Å². The summed E-state index contributed by atoms with van der Waals surface area (Å²) in [6.07, 6.45) is 0.348. The van der Waals surface area contributed by atoms with E-state index < -0.39 is 28.5 Å². The molecular formula is C29H33Cl2N3O4S. The Morgan fingerprint density at radius 3 is 2.18 bits per heavy atom. The van der Waals surface area contributed by atoms with Gasteiger partial charge in [-0.2, -0.15) is 0 Å². The lowest BCUT2D eigenvalue weighted by Crippen LogP contribution is -2.52. The smallest absolute Gasteiger partial charge is 0.264 e. The van der Waals surface area contributed by atoms with Crippen LogP contribution in [0.1, 0.15) is 37.0 Å². The van der Waals surface area contributed by atoms with Gasteiger partial charge in [0.25, 0.3) is 10.0 Å². The van der Waals surface area contributed by atoms with Crippen LogP contribution in [0, 0.1) is 13.8 Å². The van der Waals surface area contributed by atoms with Crippen molar-refractivity contribution in [2.45, 2.75) is 51.6 Å². The highest BCUT2D eigenvalue weighted by molar-refractivity contribution is 7.92. The fourth-order valence-electron chi connectivity index (χ4n) is 4.23. The monoisotopic (exact) mass is 589 g/mol. The maximum atomic E-state index is 14.0. The second kappa shape index (κ2) is 13.3. The van der Waals surface area contributed by atoms with Crippen molar-refractivity contribution < 1.29 is 18.0 Å². The minimum absolute atomic E-state index is 0.0213. The molecule has 0 bridgehead atoms. The number of benzene rings is 3. The fraction of sp³-hybridized carbons (Fsp3) is 0.310. The molecule has 0 aliphatic rings. The molecule has 0 saturated heterocycles. The number of rotatable bonds is 11. The Kier molecular flexibility index (Phi) is 10.4. The highest BCUT2D eigenvalue weighted by atomic mass is 35.5. The van der Waals surface area contributed by atoms with E-state index in [9.17, 15) is 18.0 Å². The molecule has 0 heterocycles. The molecule has 0 aliphatic heterocycles. The van der Waals surface area contributed by atoms with E-state index in [2.05, 4.69) is 5.32 Å². The van der Waals surface area contributed by atoms with Crippen LogP contribution in [0.25, 0.3) is 0 Å². The number of aryl methyl sites for hydroxylation is 2. The minimum Gasteiger partial charge on any atom is -0.355 e. The number of carbonyl (C=O) groups excluding carboxylic acids is 2. The first-order valence-corrected chi connectivity index (χ1v) is 14.8. The molecule has 3 rings (SSSR count).